The van der Waals surface area contributed by atoms with Crippen LogP contribution in [0.1, 0.15) is 24.4 Å². The number of cyclic esters (lactones) is 1. The lowest BCUT2D eigenvalue weighted by Gasteiger charge is -2.51. The zero-order valence-corrected chi connectivity index (χ0v) is 19.9. The van der Waals surface area contributed by atoms with E-state index in [9.17, 15) is 32.3 Å². The van der Waals surface area contributed by atoms with Gasteiger partial charge in [0.25, 0.3) is 0 Å². The number of rotatable bonds is 5. The second kappa shape index (κ2) is 8.77. The zero-order valence-electron chi connectivity index (χ0n) is 19.9. The fourth-order valence-electron chi connectivity index (χ4n) is 5.65. The lowest BCUT2D eigenvalue weighted by atomic mass is 9.70. The Labute approximate surface area is 210 Å². The first kappa shape index (κ1) is 25.1. The fourth-order valence-corrected chi connectivity index (χ4v) is 5.65. The maximum Gasteiger partial charge on any atom is 0.417 e. The molecule has 0 bridgehead atoms. The Morgan fingerprint density at radius 1 is 1.11 bits per heavy atom. The number of halogens is 3. The number of likely N-dealkylation sites (tertiary alicyclic amines) is 2. The molecule has 1 aliphatic carbocycles. The second-order valence-electron chi connectivity index (χ2n) is 10.1. The normalized spacial score (nSPS) is 25.5. The highest BCUT2D eigenvalue weighted by molar-refractivity contribution is 5.96. The summed E-state index contributed by atoms with van der Waals surface area (Å²) in [7, 11) is 0. The predicted molar refractivity (Wildman–Crippen MR) is 121 cm³/mol. The summed E-state index contributed by atoms with van der Waals surface area (Å²) < 4.78 is 50.9. The van der Waals surface area contributed by atoms with Crippen molar-refractivity contribution in [1.29, 1.82) is 0 Å². The van der Waals surface area contributed by atoms with Crippen LogP contribution in [0.2, 0.25) is 0 Å². The van der Waals surface area contributed by atoms with Crippen molar-refractivity contribution in [2.75, 3.05) is 39.4 Å². The lowest BCUT2D eigenvalue weighted by molar-refractivity contribution is -0.205. The third-order valence-electron chi connectivity index (χ3n) is 7.82. The van der Waals surface area contributed by atoms with Crippen molar-refractivity contribution in [3.63, 3.8) is 0 Å². The number of hydrogen-bond acceptors (Lipinski definition) is 6. The molecular weight excluding hydrogens is 495 g/mol. The van der Waals surface area contributed by atoms with E-state index in [1.165, 1.54) is 11.0 Å². The Balaban J connectivity index is 1.40. The van der Waals surface area contributed by atoms with Crippen LogP contribution in [-0.2, 0) is 19.1 Å². The monoisotopic (exact) mass is 521 g/mol. The molecule has 37 heavy (non-hydrogen) atoms. The van der Waals surface area contributed by atoms with Gasteiger partial charge in [0.1, 0.15) is 24.7 Å². The molecule has 3 aliphatic heterocycles. The molecule has 4 fully saturated rings. The number of hydrogen-bond donors (Lipinski definition) is 0. The third-order valence-corrected chi connectivity index (χ3v) is 7.82. The molecule has 4 aliphatic rings. The van der Waals surface area contributed by atoms with Gasteiger partial charge in [0.05, 0.1) is 5.92 Å². The van der Waals surface area contributed by atoms with Crippen molar-refractivity contribution < 1.29 is 41.8 Å². The topological polar surface area (TPSA) is 96.5 Å². The summed E-state index contributed by atoms with van der Waals surface area (Å²) in [6.45, 7) is 3.01. The quantitative estimate of drug-likeness (QED) is 0.553. The molecule has 12 heteroatoms. The van der Waals surface area contributed by atoms with Crippen LogP contribution < -0.4 is 0 Å². The molecule has 0 radical (unpaired) electrons. The number of alkyl halides is 3. The Morgan fingerprint density at radius 2 is 1.76 bits per heavy atom. The van der Waals surface area contributed by atoms with E-state index in [1.54, 1.807) is 30.3 Å². The molecule has 9 nitrogen and oxygen atoms in total. The summed E-state index contributed by atoms with van der Waals surface area (Å²) in [4.78, 5) is 55.3. The van der Waals surface area contributed by atoms with Crippen LogP contribution in [0.25, 0.3) is 0 Å². The van der Waals surface area contributed by atoms with Crippen molar-refractivity contribution in [1.82, 2.24) is 14.7 Å². The SMILES string of the molecule is C=CCOC(=O)N1C[C@@H](C(=O)N2C(=O)OC[C@H]2c2ccccc2)C2(C1)CN(C(=O)C1(C(F)(F)F)CC1)C2. The van der Waals surface area contributed by atoms with Gasteiger partial charge < -0.3 is 19.3 Å². The number of amides is 4. The Kier molecular flexibility index (Phi) is 5.95. The molecule has 5 rings (SSSR count). The second-order valence-corrected chi connectivity index (χ2v) is 10.1. The summed E-state index contributed by atoms with van der Waals surface area (Å²) in [6.07, 6.45) is -5.34. The Bertz CT molecular complexity index is 1130. The Morgan fingerprint density at radius 3 is 2.35 bits per heavy atom. The molecule has 0 unspecified atom stereocenters. The summed E-state index contributed by atoms with van der Waals surface area (Å²) in [5.74, 6) is -2.54. The van der Waals surface area contributed by atoms with Gasteiger partial charge in [0.15, 0.2) is 0 Å². The molecule has 1 aromatic rings. The van der Waals surface area contributed by atoms with Gasteiger partial charge in [-0.05, 0) is 18.4 Å². The first-order valence-electron chi connectivity index (χ1n) is 12.0. The van der Waals surface area contributed by atoms with Crippen LogP contribution in [0.5, 0.6) is 0 Å². The van der Waals surface area contributed by atoms with Gasteiger partial charge in [-0.2, -0.15) is 13.2 Å². The molecule has 198 valence electrons. The van der Waals surface area contributed by atoms with Crippen molar-refractivity contribution in [2.45, 2.75) is 25.1 Å². The number of nitrogens with zero attached hydrogens (tertiary/aromatic N) is 3. The zero-order chi connectivity index (χ0) is 26.6. The van der Waals surface area contributed by atoms with Crippen LogP contribution >= 0.6 is 0 Å². The number of ether oxygens (including phenoxy) is 2. The van der Waals surface area contributed by atoms with E-state index >= 15 is 0 Å². The maximum atomic E-state index is 13.8. The average molecular weight is 521 g/mol. The molecule has 0 aromatic heterocycles. The van der Waals surface area contributed by atoms with Gasteiger partial charge >= 0.3 is 18.4 Å². The van der Waals surface area contributed by atoms with E-state index in [-0.39, 0.29) is 52.2 Å². The van der Waals surface area contributed by atoms with Crippen molar-refractivity contribution in [2.24, 2.45) is 16.7 Å². The van der Waals surface area contributed by atoms with Gasteiger partial charge in [0, 0.05) is 31.6 Å². The molecule has 1 saturated carbocycles. The largest absolute Gasteiger partial charge is 0.446 e. The minimum atomic E-state index is -4.65. The van der Waals surface area contributed by atoms with E-state index in [4.69, 9.17) is 9.47 Å². The maximum absolute atomic E-state index is 13.8. The van der Waals surface area contributed by atoms with E-state index in [1.807, 2.05) is 0 Å². The molecule has 3 saturated heterocycles. The van der Waals surface area contributed by atoms with Crippen molar-refractivity contribution in [3.8, 4) is 0 Å². The average Bonchev–Trinajstić information content (AvgIpc) is 3.45. The predicted octanol–water partition coefficient (Wildman–Crippen LogP) is 3.13. The van der Waals surface area contributed by atoms with Gasteiger partial charge in [-0.3, -0.25) is 9.59 Å². The molecular formula is C25H26F3N3O6. The first-order valence-corrected chi connectivity index (χ1v) is 12.0. The van der Waals surface area contributed by atoms with Gasteiger partial charge in [-0.25, -0.2) is 14.5 Å². The Hall–Kier alpha value is -3.57. The fraction of sp³-hybridized carbons (Fsp3) is 0.520. The van der Waals surface area contributed by atoms with Crippen LogP contribution in [0, 0.1) is 16.7 Å². The molecule has 1 aromatic carbocycles. The van der Waals surface area contributed by atoms with Gasteiger partial charge in [-0.15, -0.1) is 0 Å². The lowest BCUT2D eigenvalue weighted by Crippen LogP contribution is -2.66. The molecule has 0 N–H and O–H groups in total. The third kappa shape index (κ3) is 4.02. The first-order chi connectivity index (χ1) is 17.5. The van der Waals surface area contributed by atoms with Crippen LogP contribution in [0.15, 0.2) is 43.0 Å². The smallest absolute Gasteiger partial charge is 0.417 e. The van der Waals surface area contributed by atoms with E-state index in [0.717, 1.165) is 9.80 Å². The van der Waals surface area contributed by atoms with Crippen LogP contribution in [0.4, 0.5) is 22.8 Å². The van der Waals surface area contributed by atoms with Crippen LogP contribution in [0.3, 0.4) is 0 Å². The highest BCUT2D eigenvalue weighted by atomic mass is 19.4. The number of imide groups is 1. The van der Waals surface area contributed by atoms with Crippen molar-refractivity contribution in [3.05, 3.63) is 48.6 Å². The van der Waals surface area contributed by atoms with E-state index < -0.39 is 53.0 Å². The van der Waals surface area contributed by atoms with E-state index in [2.05, 4.69) is 6.58 Å². The van der Waals surface area contributed by atoms with E-state index in [0.29, 0.717) is 5.56 Å². The number of carbonyl (C=O) groups is 4. The highest BCUT2D eigenvalue weighted by Crippen LogP contribution is 2.60. The number of carbonyl (C=O) groups excluding carboxylic acids is 4. The van der Waals surface area contributed by atoms with Gasteiger partial charge in [-0.1, -0.05) is 43.0 Å². The standard InChI is InChI=1S/C25H26F3N3O6/c1-2-10-36-21(34)29-11-17(19(32)31-18(12-37-22(31)35)16-6-4-3-5-7-16)23(13-29)14-30(15-23)20(33)24(8-9-24)25(26,27)28/h2-7,17-18H,1,8-15H2/t17-,18-/m0/s1. The summed E-state index contributed by atoms with van der Waals surface area (Å²) in [5, 5.41) is 0. The molecule has 2 atom stereocenters. The molecule has 4 amide bonds. The molecule has 1 spiro atoms. The molecule has 3 heterocycles. The minimum absolute atomic E-state index is 0.00106. The van der Waals surface area contributed by atoms with Crippen molar-refractivity contribution >= 4 is 24.0 Å². The summed E-state index contributed by atoms with van der Waals surface area (Å²) in [6, 6.07) is 8.15. The summed E-state index contributed by atoms with van der Waals surface area (Å²) in [5.41, 5.74) is -2.69. The van der Waals surface area contributed by atoms with Crippen LogP contribution in [-0.4, -0.2) is 84.3 Å². The summed E-state index contributed by atoms with van der Waals surface area (Å²) >= 11 is 0. The highest BCUT2D eigenvalue weighted by Gasteiger charge is 2.72. The number of benzene rings is 1. The van der Waals surface area contributed by atoms with Gasteiger partial charge in [0.2, 0.25) is 11.8 Å². The minimum Gasteiger partial charge on any atom is -0.446 e.